The number of anilines is 1. The standard InChI is InChI=1S/C13H16N6O/c20-12(10-8-19-4-1-2-15-13(19)16-10)18-7-6-17-5-3-14-11(17)9-18/h3,5,8H,1-2,4,6-7,9H2,(H,15,16). The zero-order valence-corrected chi connectivity index (χ0v) is 11.1. The van der Waals surface area contributed by atoms with Gasteiger partial charge in [-0.2, -0.15) is 0 Å². The van der Waals surface area contributed by atoms with Crippen LogP contribution in [0.25, 0.3) is 0 Å². The molecule has 0 aromatic carbocycles. The molecule has 4 rings (SSSR count). The van der Waals surface area contributed by atoms with Crippen LogP contribution in [0.2, 0.25) is 0 Å². The predicted molar refractivity (Wildman–Crippen MR) is 72.3 cm³/mol. The Kier molecular flexibility index (Phi) is 2.51. The van der Waals surface area contributed by atoms with Crippen LogP contribution in [0.5, 0.6) is 0 Å². The summed E-state index contributed by atoms with van der Waals surface area (Å²) >= 11 is 0. The van der Waals surface area contributed by atoms with Gasteiger partial charge in [0.05, 0.1) is 6.54 Å². The number of hydrogen-bond acceptors (Lipinski definition) is 4. The minimum atomic E-state index is -0.0112. The molecule has 0 fully saturated rings. The number of rotatable bonds is 1. The maximum absolute atomic E-state index is 12.5. The molecule has 0 saturated carbocycles. The summed E-state index contributed by atoms with van der Waals surface area (Å²) in [5.74, 6) is 1.73. The van der Waals surface area contributed by atoms with Crippen LogP contribution < -0.4 is 5.32 Å². The number of amides is 1. The highest BCUT2D eigenvalue weighted by Crippen LogP contribution is 2.18. The molecular weight excluding hydrogens is 256 g/mol. The smallest absolute Gasteiger partial charge is 0.274 e. The Balaban J connectivity index is 1.57. The first kappa shape index (κ1) is 11.5. The fraction of sp³-hybridized carbons (Fsp3) is 0.462. The van der Waals surface area contributed by atoms with E-state index >= 15 is 0 Å². The average Bonchev–Trinajstić information content (AvgIpc) is 3.11. The molecule has 0 unspecified atom stereocenters. The van der Waals surface area contributed by atoms with Crippen molar-refractivity contribution in [3.05, 3.63) is 30.1 Å². The quantitative estimate of drug-likeness (QED) is 0.823. The first-order chi connectivity index (χ1) is 9.81. The highest BCUT2D eigenvalue weighted by molar-refractivity contribution is 5.92. The molecule has 0 spiro atoms. The van der Waals surface area contributed by atoms with Gasteiger partial charge in [0.25, 0.3) is 5.91 Å². The minimum Gasteiger partial charge on any atom is -0.356 e. The van der Waals surface area contributed by atoms with Crippen LogP contribution in [0.15, 0.2) is 18.6 Å². The van der Waals surface area contributed by atoms with E-state index in [0.717, 1.165) is 37.8 Å². The van der Waals surface area contributed by atoms with Crippen molar-refractivity contribution in [2.75, 3.05) is 18.4 Å². The first-order valence-corrected chi connectivity index (χ1v) is 6.91. The summed E-state index contributed by atoms with van der Waals surface area (Å²) in [7, 11) is 0. The van der Waals surface area contributed by atoms with E-state index < -0.39 is 0 Å². The molecule has 0 bridgehead atoms. The fourth-order valence-corrected chi connectivity index (χ4v) is 2.79. The summed E-state index contributed by atoms with van der Waals surface area (Å²) in [6.07, 6.45) is 6.65. The fourth-order valence-electron chi connectivity index (χ4n) is 2.79. The van der Waals surface area contributed by atoms with Crippen molar-refractivity contribution in [3.8, 4) is 0 Å². The second-order valence-electron chi connectivity index (χ2n) is 5.19. The Morgan fingerprint density at radius 1 is 1.25 bits per heavy atom. The zero-order chi connectivity index (χ0) is 13.5. The van der Waals surface area contributed by atoms with Gasteiger partial charge in [-0.15, -0.1) is 0 Å². The van der Waals surface area contributed by atoms with Crippen LogP contribution in [0, 0.1) is 0 Å². The lowest BCUT2D eigenvalue weighted by atomic mass is 10.3. The van der Waals surface area contributed by atoms with E-state index in [2.05, 4.69) is 19.9 Å². The summed E-state index contributed by atoms with van der Waals surface area (Å²) in [6.45, 7) is 3.91. The van der Waals surface area contributed by atoms with E-state index in [4.69, 9.17) is 0 Å². The number of imidazole rings is 2. The largest absolute Gasteiger partial charge is 0.356 e. The Morgan fingerprint density at radius 2 is 2.20 bits per heavy atom. The van der Waals surface area contributed by atoms with Crippen molar-refractivity contribution in [2.45, 2.75) is 26.1 Å². The maximum Gasteiger partial charge on any atom is 0.274 e. The summed E-state index contributed by atoms with van der Waals surface area (Å²) < 4.78 is 4.10. The number of aromatic nitrogens is 4. The van der Waals surface area contributed by atoms with Crippen molar-refractivity contribution in [2.24, 2.45) is 0 Å². The molecule has 0 atom stereocenters. The Hall–Kier alpha value is -2.31. The second-order valence-corrected chi connectivity index (χ2v) is 5.19. The third kappa shape index (κ3) is 1.77. The van der Waals surface area contributed by atoms with Crippen molar-refractivity contribution in [1.29, 1.82) is 0 Å². The number of hydrogen-bond donors (Lipinski definition) is 1. The van der Waals surface area contributed by atoms with Crippen LogP contribution in [-0.2, 0) is 19.6 Å². The topological polar surface area (TPSA) is 68.0 Å². The van der Waals surface area contributed by atoms with Gasteiger partial charge >= 0.3 is 0 Å². The monoisotopic (exact) mass is 272 g/mol. The third-order valence-electron chi connectivity index (χ3n) is 3.89. The molecule has 2 aliphatic rings. The van der Waals surface area contributed by atoms with Gasteiger partial charge in [-0.05, 0) is 6.42 Å². The van der Waals surface area contributed by atoms with E-state index in [1.807, 2.05) is 21.9 Å². The normalized spacial score (nSPS) is 17.3. The zero-order valence-electron chi connectivity index (χ0n) is 11.1. The van der Waals surface area contributed by atoms with Gasteiger partial charge in [-0.25, -0.2) is 9.97 Å². The molecule has 2 aromatic rings. The highest BCUT2D eigenvalue weighted by Gasteiger charge is 2.25. The minimum absolute atomic E-state index is 0.0112. The lowest BCUT2D eigenvalue weighted by molar-refractivity contribution is 0.0702. The Labute approximate surface area is 116 Å². The molecule has 7 nitrogen and oxygen atoms in total. The Bertz CT molecular complexity index is 634. The highest BCUT2D eigenvalue weighted by atomic mass is 16.2. The van der Waals surface area contributed by atoms with Crippen molar-refractivity contribution in [1.82, 2.24) is 24.0 Å². The first-order valence-electron chi connectivity index (χ1n) is 6.91. The summed E-state index contributed by atoms with van der Waals surface area (Å²) in [6, 6.07) is 0. The van der Waals surface area contributed by atoms with Gasteiger partial charge < -0.3 is 19.4 Å². The van der Waals surface area contributed by atoms with Crippen molar-refractivity contribution < 1.29 is 4.79 Å². The van der Waals surface area contributed by atoms with E-state index in [1.165, 1.54) is 0 Å². The molecule has 2 aromatic heterocycles. The van der Waals surface area contributed by atoms with Crippen molar-refractivity contribution in [3.63, 3.8) is 0 Å². The second kappa shape index (κ2) is 4.36. The van der Waals surface area contributed by atoms with Crippen LogP contribution >= 0.6 is 0 Å². The van der Waals surface area contributed by atoms with Gasteiger partial charge in [0, 0.05) is 44.8 Å². The molecule has 104 valence electrons. The molecule has 1 N–H and O–H groups in total. The summed E-state index contributed by atoms with van der Waals surface area (Å²) in [5.41, 5.74) is 0.523. The van der Waals surface area contributed by atoms with E-state index in [0.29, 0.717) is 18.8 Å². The van der Waals surface area contributed by atoms with Gasteiger partial charge in [0.2, 0.25) is 5.95 Å². The van der Waals surface area contributed by atoms with E-state index in [-0.39, 0.29) is 5.91 Å². The van der Waals surface area contributed by atoms with Crippen LogP contribution in [0.1, 0.15) is 22.7 Å². The van der Waals surface area contributed by atoms with Gasteiger partial charge in [-0.3, -0.25) is 4.79 Å². The number of fused-ring (bicyclic) bond motifs is 2. The molecular formula is C13H16N6O. The lowest BCUT2D eigenvalue weighted by Gasteiger charge is -2.26. The van der Waals surface area contributed by atoms with E-state index in [1.54, 1.807) is 6.20 Å². The van der Waals surface area contributed by atoms with Crippen LogP contribution in [0.3, 0.4) is 0 Å². The van der Waals surface area contributed by atoms with Gasteiger partial charge in [0.15, 0.2) is 0 Å². The average molecular weight is 272 g/mol. The number of nitrogens with zero attached hydrogens (tertiary/aromatic N) is 5. The Morgan fingerprint density at radius 3 is 3.10 bits per heavy atom. The molecule has 20 heavy (non-hydrogen) atoms. The SMILES string of the molecule is O=C(c1cn2c(n1)NCCC2)N1CCn2ccnc2C1. The molecule has 2 aliphatic heterocycles. The predicted octanol–water partition coefficient (Wildman–Crippen LogP) is 0.551. The number of nitrogens with one attached hydrogen (secondary N) is 1. The van der Waals surface area contributed by atoms with Crippen LogP contribution in [0.4, 0.5) is 5.95 Å². The number of aryl methyl sites for hydroxylation is 1. The molecule has 0 aliphatic carbocycles. The molecule has 0 radical (unpaired) electrons. The number of carbonyl (C=O) groups is 1. The van der Waals surface area contributed by atoms with Gasteiger partial charge in [-0.1, -0.05) is 0 Å². The van der Waals surface area contributed by atoms with E-state index in [9.17, 15) is 4.79 Å². The molecule has 4 heterocycles. The molecule has 0 saturated heterocycles. The molecule has 7 heteroatoms. The van der Waals surface area contributed by atoms with Crippen molar-refractivity contribution >= 4 is 11.9 Å². The third-order valence-corrected chi connectivity index (χ3v) is 3.89. The molecule has 1 amide bonds. The number of carbonyl (C=O) groups excluding carboxylic acids is 1. The lowest BCUT2D eigenvalue weighted by Crippen LogP contribution is -2.38. The van der Waals surface area contributed by atoms with Crippen LogP contribution in [-0.4, -0.2) is 43.0 Å². The summed E-state index contributed by atoms with van der Waals surface area (Å²) in [4.78, 5) is 23.0. The summed E-state index contributed by atoms with van der Waals surface area (Å²) in [5, 5.41) is 3.22. The van der Waals surface area contributed by atoms with Gasteiger partial charge in [0.1, 0.15) is 11.5 Å². The maximum atomic E-state index is 12.5.